The highest BCUT2D eigenvalue weighted by Crippen LogP contribution is 2.32. The number of benzene rings is 1. The Balaban J connectivity index is 2.90. The predicted octanol–water partition coefficient (Wildman–Crippen LogP) is 2.90. The second-order valence-electron chi connectivity index (χ2n) is 3.64. The van der Waals surface area contributed by atoms with Crippen LogP contribution in [-0.4, -0.2) is 5.91 Å². The summed E-state index contributed by atoms with van der Waals surface area (Å²) in [6.07, 6.45) is -1.18. The molecule has 1 amide bonds. The Morgan fingerprint density at radius 2 is 2.06 bits per heavy atom. The summed E-state index contributed by atoms with van der Waals surface area (Å²) in [5.74, 6) is -0.482. The Hall–Kier alpha value is -1.78. The smallest absolute Gasteiger partial charge is 0.369 e. The van der Waals surface area contributed by atoms with Crippen molar-refractivity contribution in [1.82, 2.24) is 0 Å². The number of rotatable bonds is 3. The molecule has 2 N–H and O–H groups in total. The van der Waals surface area contributed by atoms with Crippen molar-refractivity contribution in [2.45, 2.75) is 19.5 Å². The third-order valence-electron chi connectivity index (χ3n) is 2.19. The molecule has 0 fully saturated rings. The fraction of sp³-hybridized carbons (Fsp3) is 0.250. The van der Waals surface area contributed by atoms with E-state index in [-0.39, 0.29) is 12.0 Å². The number of amides is 1. The van der Waals surface area contributed by atoms with Crippen LogP contribution in [0.15, 0.2) is 24.3 Å². The lowest BCUT2D eigenvalue weighted by Crippen LogP contribution is -2.08. The van der Waals surface area contributed by atoms with Crippen LogP contribution in [0.25, 0.3) is 6.08 Å². The highest BCUT2D eigenvalue weighted by atomic mass is 19.4. The molecule has 17 heavy (non-hydrogen) atoms. The molecule has 0 unspecified atom stereocenters. The molecule has 0 saturated carbocycles. The van der Waals surface area contributed by atoms with Crippen molar-refractivity contribution in [1.29, 1.82) is 0 Å². The van der Waals surface area contributed by atoms with Gasteiger partial charge in [0.15, 0.2) is 0 Å². The molecule has 0 aromatic heterocycles. The van der Waals surface area contributed by atoms with E-state index >= 15 is 0 Å². The van der Waals surface area contributed by atoms with Crippen molar-refractivity contribution >= 4 is 12.0 Å². The largest absolute Gasteiger partial charge is 0.416 e. The van der Waals surface area contributed by atoms with Gasteiger partial charge in [0.05, 0.1) is 5.56 Å². The van der Waals surface area contributed by atoms with Crippen LogP contribution in [-0.2, 0) is 11.0 Å². The van der Waals surface area contributed by atoms with Gasteiger partial charge in [0.25, 0.3) is 0 Å². The van der Waals surface area contributed by atoms with Crippen molar-refractivity contribution < 1.29 is 18.0 Å². The molecule has 1 rings (SSSR count). The van der Waals surface area contributed by atoms with Crippen molar-refractivity contribution in [2.75, 3.05) is 0 Å². The summed E-state index contributed by atoms with van der Waals surface area (Å²) in [6.45, 7) is 1.40. The Morgan fingerprint density at radius 1 is 1.41 bits per heavy atom. The molecule has 0 radical (unpaired) electrons. The van der Waals surface area contributed by atoms with Crippen LogP contribution in [0.2, 0.25) is 0 Å². The fourth-order valence-corrected chi connectivity index (χ4v) is 1.42. The lowest BCUT2D eigenvalue weighted by Gasteiger charge is -2.10. The summed E-state index contributed by atoms with van der Waals surface area (Å²) in [4.78, 5) is 10.5. The summed E-state index contributed by atoms with van der Waals surface area (Å²) in [7, 11) is 0. The lowest BCUT2D eigenvalue weighted by molar-refractivity contribution is -0.138. The number of carbonyl (C=O) groups excluding carboxylic acids is 1. The van der Waals surface area contributed by atoms with Gasteiger partial charge in [0.1, 0.15) is 0 Å². The number of halogens is 3. The molecule has 0 aliphatic heterocycles. The van der Waals surface area contributed by atoms with Crippen molar-refractivity contribution in [3.63, 3.8) is 0 Å². The first-order valence-electron chi connectivity index (χ1n) is 4.93. The van der Waals surface area contributed by atoms with Gasteiger partial charge in [-0.2, -0.15) is 13.2 Å². The number of hydrogen-bond acceptors (Lipinski definition) is 1. The summed E-state index contributed by atoms with van der Waals surface area (Å²) < 4.78 is 37.4. The molecular formula is C12H12F3NO. The minimum absolute atomic E-state index is 0.0695. The number of carbonyl (C=O) groups is 1. The zero-order valence-corrected chi connectivity index (χ0v) is 9.21. The van der Waals surface area contributed by atoms with Gasteiger partial charge in [-0.1, -0.05) is 24.3 Å². The number of primary amides is 1. The van der Waals surface area contributed by atoms with E-state index in [0.717, 1.165) is 6.07 Å². The SMILES string of the molecule is Cc1cc(C=CCC(N)=O)ccc1C(F)(F)F. The zero-order valence-electron chi connectivity index (χ0n) is 9.21. The predicted molar refractivity (Wildman–Crippen MR) is 59.0 cm³/mol. The molecule has 0 atom stereocenters. The molecule has 0 aliphatic carbocycles. The summed E-state index contributed by atoms with van der Waals surface area (Å²) in [5, 5.41) is 0. The number of aryl methyl sites for hydroxylation is 1. The quantitative estimate of drug-likeness (QED) is 0.871. The lowest BCUT2D eigenvalue weighted by atomic mass is 10.0. The third-order valence-corrected chi connectivity index (χ3v) is 2.19. The van der Waals surface area contributed by atoms with E-state index in [1.807, 2.05) is 0 Å². The van der Waals surface area contributed by atoms with Crippen molar-refractivity contribution in [3.05, 3.63) is 41.0 Å². The molecule has 0 saturated heterocycles. The van der Waals surface area contributed by atoms with E-state index in [2.05, 4.69) is 0 Å². The molecule has 0 bridgehead atoms. The average molecular weight is 243 g/mol. The summed E-state index contributed by atoms with van der Waals surface area (Å²) in [5.41, 5.74) is 5.04. The molecule has 0 heterocycles. The molecule has 1 aromatic rings. The van der Waals surface area contributed by atoms with Crippen LogP contribution in [0, 0.1) is 6.92 Å². The highest BCUT2D eigenvalue weighted by molar-refractivity contribution is 5.76. The molecule has 92 valence electrons. The van der Waals surface area contributed by atoms with Crippen LogP contribution < -0.4 is 5.73 Å². The topological polar surface area (TPSA) is 43.1 Å². The Kier molecular flexibility index (Phi) is 3.93. The third kappa shape index (κ3) is 3.94. The van der Waals surface area contributed by atoms with E-state index in [4.69, 9.17) is 5.73 Å². The monoisotopic (exact) mass is 243 g/mol. The minimum Gasteiger partial charge on any atom is -0.369 e. The minimum atomic E-state index is -4.33. The Labute approximate surface area is 96.9 Å². The molecule has 0 spiro atoms. The van der Waals surface area contributed by atoms with Gasteiger partial charge in [0.2, 0.25) is 5.91 Å². The average Bonchev–Trinajstić information content (AvgIpc) is 2.14. The molecule has 1 aromatic carbocycles. The fourth-order valence-electron chi connectivity index (χ4n) is 1.42. The van der Waals surface area contributed by atoms with E-state index in [9.17, 15) is 18.0 Å². The van der Waals surface area contributed by atoms with Crippen molar-refractivity contribution in [3.8, 4) is 0 Å². The van der Waals surface area contributed by atoms with Gasteiger partial charge in [-0.25, -0.2) is 0 Å². The number of hydrogen-bond donors (Lipinski definition) is 1. The van der Waals surface area contributed by atoms with Gasteiger partial charge >= 0.3 is 6.18 Å². The summed E-state index contributed by atoms with van der Waals surface area (Å²) >= 11 is 0. The first-order valence-corrected chi connectivity index (χ1v) is 4.93. The highest BCUT2D eigenvalue weighted by Gasteiger charge is 2.31. The van der Waals surface area contributed by atoms with Crippen LogP contribution >= 0.6 is 0 Å². The first-order chi connectivity index (χ1) is 7.80. The number of nitrogens with two attached hydrogens (primary N) is 1. The molecule has 2 nitrogen and oxygen atoms in total. The Bertz CT molecular complexity index is 450. The van der Waals surface area contributed by atoms with Gasteiger partial charge in [-0.05, 0) is 24.1 Å². The second-order valence-corrected chi connectivity index (χ2v) is 3.64. The van der Waals surface area contributed by atoms with E-state index in [0.29, 0.717) is 5.56 Å². The molecule has 0 aliphatic rings. The zero-order chi connectivity index (χ0) is 13.1. The number of alkyl halides is 3. The maximum atomic E-state index is 12.5. The van der Waals surface area contributed by atoms with Gasteiger partial charge in [-0.3, -0.25) is 4.79 Å². The normalized spacial score (nSPS) is 12.0. The van der Waals surface area contributed by atoms with Gasteiger partial charge in [0, 0.05) is 6.42 Å². The maximum absolute atomic E-state index is 12.5. The van der Waals surface area contributed by atoms with E-state index < -0.39 is 17.6 Å². The van der Waals surface area contributed by atoms with Crippen LogP contribution in [0.1, 0.15) is 23.1 Å². The van der Waals surface area contributed by atoms with Crippen LogP contribution in [0.4, 0.5) is 13.2 Å². The molecular weight excluding hydrogens is 231 g/mol. The molecule has 5 heteroatoms. The van der Waals surface area contributed by atoms with Crippen LogP contribution in [0.3, 0.4) is 0 Å². The second kappa shape index (κ2) is 5.03. The standard InChI is InChI=1S/C12H12F3NO/c1-8-7-9(3-2-4-11(16)17)5-6-10(8)12(13,14)15/h2-3,5-7H,4H2,1H3,(H2,16,17). The van der Waals surface area contributed by atoms with E-state index in [1.165, 1.54) is 25.1 Å². The van der Waals surface area contributed by atoms with Crippen molar-refractivity contribution in [2.24, 2.45) is 5.73 Å². The summed E-state index contributed by atoms with van der Waals surface area (Å²) in [6, 6.07) is 3.80. The first kappa shape index (κ1) is 13.3. The Morgan fingerprint density at radius 3 is 2.53 bits per heavy atom. The van der Waals surface area contributed by atoms with E-state index in [1.54, 1.807) is 6.08 Å². The van der Waals surface area contributed by atoms with Gasteiger partial charge < -0.3 is 5.73 Å². The van der Waals surface area contributed by atoms with Gasteiger partial charge in [-0.15, -0.1) is 0 Å². The maximum Gasteiger partial charge on any atom is 0.416 e. The van der Waals surface area contributed by atoms with Crippen LogP contribution in [0.5, 0.6) is 0 Å².